The van der Waals surface area contributed by atoms with Crippen LogP contribution >= 0.6 is 0 Å². The van der Waals surface area contributed by atoms with E-state index in [0.717, 1.165) is 19.5 Å². The first kappa shape index (κ1) is 17.8. The van der Waals surface area contributed by atoms with Crippen molar-refractivity contribution in [3.05, 3.63) is 0 Å². The molecule has 1 rings (SSSR count). The molecule has 122 valence electrons. The molecule has 2 amide bonds. The minimum atomic E-state index is -1.18. The molecule has 0 aromatic heterocycles. The Labute approximate surface area is 127 Å². The van der Waals surface area contributed by atoms with Crippen LogP contribution in [0.15, 0.2) is 0 Å². The minimum Gasteiger partial charge on any atom is -0.480 e. The summed E-state index contributed by atoms with van der Waals surface area (Å²) in [7, 11) is 0. The van der Waals surface area contributed by atoms with Crippen LogP contribution in [0.5, 0.6) is 0 Å². The number of rotatable bonds is 6. The molecule has 0 radical (unpaired) electrons. The summed E-state index contributed by atoms with van der Waals surface area (Å²) in [6.07, 6.45) is 2.24. The zero-order chi connectivity index (χ0) is 16.0. The Morgan fingerprint density at radius 3 is 2.24 bits per heavy atom. The van der Waals surface area contributed by atoms with Crippen molar-refractivity contribution in [2.75, 3.05) is 26.2 Å². The van der Waals surface area contributed by atoms with Gasteiger partial charge in [0.2, 0.25) is 0 Å². The molecule has 0 aliphatic carbocycles. The lowest BCUT2D eigenvalue weighted by Crippen LogP contribution is -2.59. The zero-order valence-electron chi connectivity index (χ0n) is 13.7. The van der Waals surface area contributed by atoms with Gasteiger partial charge in [-0.25, -0.2) is 9.59 Å². The lowest BCUT2D eigenvalue weighted by molar-refractivity contribution is -0.144. The summed E-state index contributed by atoms with van der Waals surface area (Å²) in [5.74, 6) is -0.976. The maximum atomic E-state index is 12.3. The highest BCUT2D eigenvalue weighted by Gasteiger charge is 2.35. The fourth-order valence-electron chi connectivity index (χ4n) is 2.66. The number of amides is 2. The van der Waals surface area contributed by atoms with E-state index in [1.165, 1.54) is 0 Å². The quantitative estimate of drug-likeness (QED) is 0.784. The van der Waals surface area contributed by atoms with Crippen molar-refractivity contribution in [2.45, 2.75) is 58.5 Å². The maximum Gasteiger partial charge on any atom is 0.329 e. The third kappa shape index (κ3) is 4.59. The molecule has 6 nitrogen and oxygen atoms in total. The lowest BCUT2D eigenvalue weighted by Gasteiger charge is -2.39. The van der Waals surface area contributed by atoms with Gasteiger partial charge in [-0.1, -0.05) is 20.3 Å². The highest BCUT2D eigenvalue weighted by atomic mass is 16.4. The molecule has 6 heteroatoms. The second-order valence-electron chi connectivity index (χ2n) is 6.10. The van der Waals surface area contributed by atoms with Crippen LogP contribution in [-0.2, 0) is 4.79 Å². The van der Waals surface area contributed by atoms with Gasteiger partial charge in [0.05, 0.1) is 0 Å². The lowest BCUT2D eigenvalue weighted by atomic mass is 9.96. The molecule has 1 saturated heterocycles. The van der Waals surface area contributed by atoms with E-state index in [0.29, 0.717) is 32.0 Å². The van der Waals surface area contributed by atoms with Gasteiger partial charge in [0.15, 0.2) is 0 Å². The maximum absolute atomic E-state index is 12.3. The first-order valence-electron chi connectivity index (χ1n) is 7.88. The zero-order valence-corrected chi connectivity index (χ0v) is 13.7. The van der Waals surface area contributed by atoms with Gasteiger partial charge in [0, 0.05) is 32.2 Å². The predicted molar refractivity (Wildman–Crippen MR) is 82.4 cm³/mol. The molecule has 0 aromatic rings. The molecular weight excluding hydrogens is 270 g/mol. The van der Waals surface area contributed by atoms with Gasteiger partial charge in [0.25, 0.3) is 0 Å². The van der Waals surface area contributed by atoms with Gasteiger partial charge in [0.1, 0.15) is 5.54 Å². The van der Waals surface area contributed by atoms with Gasteiger partial charge in [-0.15, -0.1) is 0 Å². The van der Waals surface area contributed by atoms with Gasteiger partial charge in [-0.05, 0) is 26.7 Å². The highest BCUT2D eigenvalue weighted by molar-refractivity contribution is 5.85. The smallest absolute Gasteiger partial charge is 0.329 e. The predicted octanol–water partition coefficient (Wildman–Crippen LogP) is 1.76. The number of hydrogen-bond donors (Lipinski definition) is 2. The summed E-state index contributed by atoms with van der Waals surface area (Å²) in [4.78, 5) is 27.7. The fraction of sp³-hybridized carbons (Fsp3) is 0.867. The second-order valence-corrected chi connectivity index (χ2v) is 6.10. The molecule has 1 aliphatic rings. The molecular formula is C15H29N3O3. The molecule has 0 spiro atoms. The Balaban J connectivity index is 2.55. The number of hydrogen-bond acceptors (Lipinski definition) is 3. The third-order valence-corrected chi connectivity index (χ3v) is 4.42. The number of urea groups is 1. The van der Waals surface area contributed by atoms with E-state index in [1.807, 2.05) is 6.92 Å². The van der Waals surface area contributed by atoms with E-state index in [-0.39, 0.29) is 6.03 Å². The van der Waals surface area contributed by atoms with Crippen LogP contribution in [0.4, 0.5) is 4.79 Å². The average Bonchev–Trinajstić information content (AvgIpc) is 2.46. The number of aliphatic carboxylic acids is 1. The van der Waals surface area contributed by atoms with Crippen LogP contribution in [0.3, 0.4) is 0 Å². The summed E-state index contributed by atoms with van der Waals surface area (Å²) < 4.78 is 0. The molecule has 0 bridgehead atoms. The molecule has 1 heterocycles. The van der Waals surface area contributed by atoms with Crippen molar-refractivity contribution < 1.29 is 14.7 Å². The van der Waals surface area contributed by atoms with E-state index >= 15 is 0 Å². The van der Waals surface area contributed by atoms with Crippen LogP contribution < -0.4 is 5.32 Å². The van der Waals surface area contributed by atoms with Crippen LogP contribution in [-0.4, -0.2) is 64.7 Å². The standard InChI is InChI=1S/C15H29N3O3/c1-5-7-15(4,13(19)20)16-14(21)18-10-8-17(9-11-18)12(3)6-2/h12H,5-11H2,1-4H3,(H,16,21)(H,19,20). The Hall–Kier alpha value is -1.30. The van der Waals surface area contributed by atoms with E-state index in [1.54, 1.807) is 11.8 Å². The molecule has 2 unspecified atom stereocenters. The first-order chi connectivity index (χ1) is 9.84. The Morgan fingerprint density at radius 2 is 1.81 bits per heavy atom. The van der Waals surface area contributed by atoms with Crippen molar-refractivity contribution in [2.24, 2.45) is 0 Å². The van der Waals surface area contributed by atoms with Crippen molar-refractivity contribution in [3.63, 3.8) is 0 Å². The largest absolute Gasteiger partial charge is 0.480 e. The summed E-state index contributed by atoms with van der Waals surface area (Å²) in [6, 6.07) is 0.261. The Morgan fingerprint density at radius 1 is 1.24 bits per heavy atom. The molecule has 2 N–H and O–H groups in total. The number of piperazine rings is 1. The van der Waals surface area contributed by atoms with Crippen molar-refractivity contribution >= 4 is 12.0 Å². The molecule has 0 aromatic carbocycles. The Kier molecular flexibility index (Phi) is 6.45. The summed E-state index contributed by atoms with van der Waals surface area (Å²) in [6.45, 7) is 10.8. The number of carbonyl (C=O) groups is 2. The highest BCUT2D eigenvalue weighted by Crippen LogP contribution is 2.14. The first-order valence-corrected chi connectivity index (χ1v) is 7.88. The van der Waals surface area contributed by atoms with Crippen LogP contribution in [0.2, 0.25) is 0 Å². The summed E-state index contributed by atoms with van der Waals surface area (Å²) in [5.41, 5.74) is -1.18. The minimum absolute atomic E-state index is 0.267. The fourth-order valence-corrected chi connectivity index (χ4v) is 2.66. The molecule has 1 fully saturated rings. The molecule has 0 saturated carbocycles. The van der Waals surface area contributed by atoms with Gasteiger partial charge in [-0.3, -0.25) is 4.90 Å². The second kappa shape index (κ2) is 7.64. The number of nitrogens with zero attached hydrogens (tertiary/aromatic N) is 2. The molecule has 1 aliphatic heterocycles. The SMILES string of the molecule is CCCC(C)(NC(=O)N1CCN(C(C)CC)CC1)C(=O)O. The van der Waals surface area contributed by atoms with E-state index < -0.39 is 11.5 Å². The van der Waals surface area contributed by atoms with E-state index in [2.05, 4.69) is 24.1 Å². The summed E-state index contributed by atoms with van der Waals surface area (Å²) in [5, 5.41) is 12.0. The molecule has 21 heavy (non-hydrogen) atoms. The van der Waals surface area contributed by atoms with E-state index in [9.17, 15) is 14.7 Å². The summed E-state index contributed by atoms with van der Waals surface area (Å²) >= 11 is 0. The average molecular weight is 299 g/mol. The van der Waals surface area contributed by atoms with Crippen molar-refractivity contribution in [1.82, 2.24) is 15.1 Å². The van der Waals surface area contributed by atoms with E-state index in [4.69, 9.17) is 0 Å². The van der Waals surface area contributed by atoms with Gasteiger partial charge < -0.3 is 15.3 Å². The topological polar surface area (TPSA) is 72.9 Å². The van der Waals surface area contributed by atoms with Gasteiger partial charge >= 0.3 is 12.0 Å². The normalized spacial score (nSPS) is 20.7. The van der Waals surface area contributed by atoms with Crippen LogP contribution in [0.25, 0.3) is 0 Å². The number of carboxylic acids is 1. The Bertz CT molecular complexity index is 367. The third-order valence-electron chi connectivity index (χ3n) is 4.42. The number of carbonyl (C=O) groups excluding carboxylic acids is 1. The molecule has 2 atom stereocenters. The van der Waals surface area contributed by atoms with Crippen LogP contribution in [0.1, 0.15) is 47.0 Å². The van der Waals surface area contributed by atoms with Crippen molar-refractivity contribution in [1.29, 1.82) is 0 Å². The number of carboxylic acid groups (broad SMARTS) is 1. The van der Waals surface area contributed by atoms with Crippen LogP contribution in [0, 0.1) is 0 Å². The van der Waals surface area contributed by atoms with Gasteiger partial charge in [-0.2, -0.15) is 0 Å². The van der Waals surface area contributed by atoms with Crippen molar-refractivity contribution in [3.8, 4) is 0 Å². The number of nitrogens with one attached hydrogen (secondary N) is 1. The monoisotopic (exact) mass is 299 g/mol.